The number of unbranched alkanes of at least 4 members (excludes halogenated alkanes) is 1. The van der Waals surface area contributed by atoms with Crippen LogP contribution in [0.1, 0.15) is 12.8 Å². The summed E-state index contributed by atoms with van der Waals surface area (Å²) in [5, 5.41) is 0. The largest absolute Gasteiger partial charge is 0.390 e. The van der Waals surface area contributed by atoms with Gasteiger partial charge in [-0.1, -0.05) is 6.08 Å². The number of aldehydes is 1. The minimum absolute atomic E-state index is 0.552. The molecule has 50 valence electrons. The summed E-state index contributed by atoms with van der Waals surface area (Å²) in [4.78, 5) is 13.3. The van der Waals surface area contributed by atoms with Crippen molar-refractivity contribution in [2.75, 3.05) is 0 Å². The Morgan fingerprint density at radius 1 is 1.44 bits per heavy atom. The van der Waals surface area contributed by atoms with Crippen LogP contribution in [0.4, 0.5) is 0 Å². The molecule has 0 aliphatic heterocycles. The lowest BCUT2D eigenvalue weighted by atomic mass is 10.3. The van der Waals surface area contributed by atoms with Crippen molar-refractivity contribution in [2.45, 2.75) is 12.8 Å². The molecule has 0 amide bonds. The predicted molar refractivity (Wildman–Crippen MR) is 37.1 cm³/mol. The first-order valence-corrected chi connectivity index (χ1v) is 2.74. The number of allylic oxidation sites excluding steroid dienone is 1. The first-order chi connectivity index (χ1) is 4.41. The highest BCUT2D eigenvalue weighted by Gasteiger charge is 1.74. The number of nitrogens with zero attached hydrogens (tertiary/aromatic N) is 1. The summed E-state index contributed by atoms with van der Waals surface area (Å²) in [5.74, 6) is 0. The van der Waals surface area contributed by atoms with E-state index in [2.05, 4.69) is 4.99 Å². The van der Waals surface area contributed by atoms with Gasteiger partial charge >= 0.3 is 0 Å². The molecule has 0 saturated carbocycles. The Hall–Kier alpha value is -1.12. The van der Waals surface area contributed by atoms with Gasteiger partial charge in [-0.05, 0) is 6.42 Å². The zero-order valence-corrected chi connectivity index (χ0v) is 5.16. The smallest absolute Gasteiger partial charge is 0.120 e. The van der Waals surface area contributed by atoms with Gasteiger partial charge in [-0.2, -0.15) is 0 Å². The van der Waals surface area contributed by atoms with Crippen molar-refractivity contribution in [3.8, 4) is 0 Å². The fourth-order valence-electron chi connectivity index (χ4n) is 0.349. The molecule has 0 spiro atoms. The molecule has 0 aliphatic rings. The number of nitrogens with two attached hydrogens (primary N) is 1. The zero-order chi connectivity index (χ0) is 6.95. The van der Waals surface area contributed by atoms with Crippen LogP contribution in [0, 0.1) is 0 Å². The van der Waals surface area contributed by atoms with E-state index < -0.39 is 0 Å². The maximum absolute atomic E-state index is 9.74. The lowest BCUT2D eigenvalue weighted by molar-refractivity contribution is -0.107. The summed E-state index contributed by atoms with van der Waals surface area (Å²) in [6.45, 7) is 0. The van der Waals surface area contributed by atoms with E-state index in [1.165, 1.54) is 6.34 Å². The fraction of sp³-hybridized carbons (Fsp3) is 0.333. The molecule has 0 rings (SSSR count). The van der Waals surface area contributed by atoms with Gasteiger partial charge in [-0.15, -0.1) is 0 Å². The molecule has 0 radical (unpaired) electrons. The van der Waals surface area contributed by atoms with E-state index in [-0.39, 0.29) is 0 Å². The molecule has 0 unspecified atom stereocenters. The van der Waals surface area contributed by atoms with Gasteiger partial charge in [0, 0.05) is 12.6 Å². The SMILES string of the molecule is NC=N/C=C\CCC=O. The van der Waals surface area contributed by atoms with Gasteiger partial charge in [0.1, 0.15) is 6.29 Å². The molecule has 3 heteroatoms. The minimum Gasteiger partial charge on any atom is -0.390 e. The fourth-order valence-corrected chi connectivity index (χ4v) is 0.349. The molecule has 2 N–H and O–H groups in total. The summed E-state index contributed by atoms with van der Waals surface area (Å²) in [5.41, 5.74) is 4.93. The molecule has 0 aliphatic carbocycles. The van der Waals surface area contributed by atoms with Crippen molar-refractivity contribution in [2.24, 2.45) is 10.7 Å². The number of carbonyl (C=O) groups excluding carboxylic acids is 1. The monoisotopic (exact) mass is 126 g/mol. The van der Waals surface area contributed by atoms with E-state index in [1.54, 1.807) is 12.3 Å². The van der Waals surface area contributed by atoms with Crippen LogP contribution in [0.25, 0.3) is 0 Å². The van der Waals surface area contributed by atoms with E-state index in [1.807, 2.05) is 0 Å². The zero-order valence-electron chi connectivity index (χ0n) is 5.16. The molecule has 0 aromatic carbocycles. The number of rotatable bonds is 4. The van der Waals surface area contributed by atoms with Gasteiger partial charge in [0.2, 0.25) is 0 Å². The van der Waals surface area contributed by atoms with Crippen molar-refractivity contribution in [1.82, 2.24) is 0 Å². The highest BCUT2D eigenvalue weighted by atomic mass is 16.1. The van der Waals surface area contributed by atoms with Crippen LogP contribution in [-0.4, -0.2) is 12.6 Å². The molecular weight excluding hydrogens is 116 g/mol. The summed E-state index contributed by atoms with van der Waals surface area (Å²) < 4.78 is 0. The van der Waals surface area contributed by atoms with Crippen molar-refractivity contribution in [1.29, 1.82) is 0 Å². The van der Waals surface area contributed by atoms with Gasteiger partial charge in [-0.25, -0.2) is 4.99 Å². The Balaban J connectivity index is 3.14. The molecule has 3 nitrogen and oxygen atoms in total. The van der Waals surface area contributed by atoms with Crippen molar-refractivity contribution < 1.29 is 4.79 Å². The molecule has 9 heavy (non-hydrogen) atoms. The van der Waals surface area contributed by atoms with Gasteiger partial charge < -0.3 is 10.5 Å². The first kappa shape index (κ1) is 7.88. The average molecular weight is 126 g/mol. The van der Waals surface area contributed by atoms with Crippen LogP contribution in [0.5, 0.6) is 0 Å². The van der Waals surface area contributed by atoms with Crippen LogP contribution in [-0.2, 0) is 4.79 Å². The van der Waals surface area contributed by atoms with Gasteiger partial charge in [-0.3, -0.25) is 0 Å². The maximum atomic E-state index is 9.74. The molecule has 0 atom stereocenters. The molecule has 0 saturated heterocycles. The normalized spacial score (nSPS) is 11.1. The van der Waals surface area contributed by atoms with Gasteiger partial charge in [0.05, 0.1) is 6.34 Å². The number of aliphatic imine (C=N–C) groups is 1. The van der Waals surface area contributed by atoms with Crippen LogP contribution >= 0.6 is 0 Å². The molecule has 0 aromatic rings. The van der Waals surface area contributed by atoms with Crippen molar-refractivity contribution in [3.05, 3.63) is 12.3 Å². The maximum Gasteiger partial charge on any atom is 0.120 e. The quantitative estimate of drug-likeness (QED) is 0.257. The Kier molecular flexibility index (Phi) is 6.02. The second kappa shape index (κ2) is 6.88. The summed E-state index contributed by atoms with van der Waals surface area (Å²) in [6, 6.07) is 0. The number of hydrogen-bond donors (Lipinski definition) is 1. The molecule has 0 fully saturated rings. The Morgan fingerprint density at radius 3 is 2.78 bits per heavy atom. The first-order valence-electron chi connectivity index (χ1n) is 2.74. The minimum atomic E-state index is 0.552. The highest BCUT2D eigenvalue weighted by Crippen LogP contribution is 1.85. The van der Waals surface area contributed by atoms with Crippen LogP contribution in [0.15, 0.2) is 17.3 Å². The molecule has 0 heterocycles. The lowest BCUT2D eigenvalue weighted by Gasteiger charge is -1.78. The van der Waals surface area contributed by atoms with Crippen LogP contribution in [0.3, 0.4) is 0 Å². The molecular formula is C6H10N2O. The van der Waals surface area contributed by atoms with Crippen molar-refractivity contribution in [3.63, 3.8) is 0 Å². The van der Waals surface area contributed by atoms with E-state index in [4.69, 9.17) is 5.73 Å². The standard InChI is InChI=1S/C6H10N2O/c7-6-8-4-2-1-3-5-9/h2,4-6H,1,3H2,(H2,7,8)/b4-2-. The van der Waals surface area contributed by atoms with E-state index >= 15 is 0 Å². The number of hydrogen-bond acceptors (Lipinski definition) is 2. The third-order valence-corrected chi connectivity index (χ3v) is 0.729. The van der Waals surface area contributed by atoms with Crippen LogP contribution in [0.2, 0.25) is 0 Å². The van der Waals surface area contributed by atoms with E-state index in [0.29, 0.717) is 6.42 Å². The third-order valence-electron chi connectivity index (χ3n) is 0.729. The highest BCUT2D eigenvalue weighted by molar-refractivity contribution is 5.52. The summed E-state index contributed by atoms with van der Waals surface area (Å²) >= 11 is 0. The Labute approximate surface area is 54.3 Å². The van der Waals surface area contributed by atoms with Gasteiger partial charge in [0.25, 0.3) is 0 Å². The predicted octanol–water partition coefficient (Wildman–Crippen LogP) is 0.466. The topological polar surface area (TPSA) is 55.4 Å². The second-order valence-corrected chi connectivity index (χ2v) is 1.43. The van der Waals surface area contributed by atoms with Crippen LogP contribution < -0.4 is 5.73 Å². The van der Waals surface area contributed by atoms with Crippen molar-refractivity contribution >= 4 is 12.6 Å². The molecule has 0 bridgehead atoms. The van der Waals surface area contributed by atoms with E-state index in [9.17, 15) is 4.79 Å². The van der Waals surface area contributed by atoms with E-state index in [0.717, 1.165) is 12.7 Å². The Bertz CT molecular complexity index is 118. The summed E-state index contributed by atoms with van der Waals surface area (Å²) in [6.07, 6.45) is 6.73. The second-order valence-electron chi connectivity index (χ2n) is 1.43. The third kappa shape index (κ3) is 6.88. The number of carbonyl (C=O) groups is 1. The summed E-state index contributed by atoms with van der Waals surface area (Å²) in [7, 11) is 0. The Morgan fingerprint density at radius 2 is 2.22 bits per heavy atom. The lowest BCUT2D eigenvalue weighted by Crippen LogP contribution is -1.85. The molecule has 0 aromatic heterocycles. The average Bonchev–Trinajstić information content (AvgIpc) is 1.89. The van der Waals surface area contributed by atoms with Gasteiger partial charge in [0.15, 0.2) is 0 Å².